The van der Waals surface area contributed by atoms with Gasteiger partial charge in [-0.05, 0) is 39.4 Å². The first-order valence-corrected chi connectivity index (χ1v) is 8.69. The van der Waals surface area contributed by atoms with Crippen LogP contribution in [-0.4, -0.2) is 61.6 Å². The second-order valence-electron chi connectivity index (χ2n) is 5.37. The highest BCUT2D eigenvalue weighted by Gasteiger charge is 2.39. The molecule has 5 nitrogen and oxygen atoms in total. The minimum Gasteiger partial charge on any atom is -0.339 e. The molecule has 2 unspecified atom stereocenters. The Labute approximate surface area is 121 Å². The predicted octanol–water partition coefficient (Wildman–Crippen LogP) is 1.40. The molecule has 1 rings (SSSR count). The summed E-state index contributed by atoms with van der Waals surface area (Å²) in [6, 6.07) is -0.0372. The molecular weight excluding hydrogens is 283 g/mol. The molecule has 0 spiro atoms. The Morgan fingerprint density at radius 3 is 2.45 bits per heavy atom. The van der Waals surface area contributed by atoms with E-state index in [-0.39, 0.29) is 24.9 Å². The van der Waals surface area contributed by atoms with Gasteiger partial charge in [0.05, 0.1) is 0 Å². The maximum absolute atomic E-state index is 12.9. The molecule has 118 valence electrons. The Morgan fingerprint density at radius 2 is 2.00 bits per heavy atom. The van der Waals surface area contributed by atoms with Crippen molar-refractivity contribution in [1.29, 1.82) is 0 Å². The normalized spacial score (nSPS) is 21.8. The maximum Gasteiger partial charge on any atom is 0.307 e. The van der Waals surface area contributed by atoms with Crippen molar-refractivity contribution >= 4 is 16.1 Å². The van der Waals surface area contributed by atoms with Gasteiger partial charge in [-0.25, -0.2) is 0 Å². The van der Waals surface area contributed by atoms with Gasteiger partial charge in [0, 0.05) is 19.0 Å². The number of hydrogen-bond donors (Lipinski definition) is 0. The summed E-state index contributed by atoms with van der Waals surface area (Å²) in [5, 5.41) is -1.18. The molecule has 1 saturated heterocycles. The predicted molar refractivity (Wildman–Crippen MR) is 76.6 cm³/mol. The Bertz CT molecular complexity index is 423. The molecule has 0 aromatic carbocycles. The molecule has 0 N–H and O–H groups in total. The average Bonchev–Trinajstić information content (AvgIpc) is 2.76. The van der Waals surface area contributed by atoms with Gasteiger partial charge in [0.1, 0.15) is 5.25 Å². The molecule has 2 atom stereocenters. The van der Waals surface area contributed by atoms with Gasteiger partial charge in [0.2, 0.25) is 5.91 Å². The molecule has 0 aliphatic carbocycles. The molecule has 1 aliphatic rings. The molecule has 1 aliphatic heterocycles. The van der Waals surface area contributed by atoms with E-state index in [1.54, 1.807) is 0 Å². The van der Waals surface area contributed by atoms with Crippen LogP contribution in [0.5, 0.6) is 0 Å². The summed E-state index contributed by atoms with van der Waals surface area (Å²) in [7, 11) is -4.61. The molecule has 0 saturated carbocycles. The highest BCUT2D eigenvalue weighted by Crippen LogP contribution is 2.23. The third-order valence-corrected chi connectivity index (χ3v) is 5.16. The Balaban J connectivity index is 2.44. The Morgan fingerprint density at radius 1 is 1.40 bits per heavy atom. The van der Waals surface area contributed by atoms with E-state index in [9.17, 15) is 17.1 Å². The fraction of sp³-hybridized carbons (Fsp3) is 0.923. The van der Waals surface area contributed by atoms with Crippen molar-refractivity contribution in [2.24, 2.45) is 0 Å². The third-order valence-electron chi connectivity index (χ3n) is 4.04. The van der Waals surface area contributed by atoms with E-state index < -0.39 is 15.5 Å². The summed E-state index contributed by atoms with van der Waals surface area (Å²) >= 11 is 0. The summed E-state index contributed by atoms with van der Waals surface area (Å²) in [5.74, 6) is -0.258. The lowest BCUT2D eigenvalue weighted by Crippen LogP contribution is -2.36. The summed E-state index contributed by atoms with van der Waals surface area (Å²) in [6.07, 6.45) is 1.53. The van der Waals surface area contributed by atoms with Gasteiger partial charge in [0.25, 0.3) is 0 Å². The molecule has 0 radical (unpaired) electrons. The second-order valence-corrected chi connectivity index (χ2v) is 6.98. The largest absolute Gasteiger partial charge is 0.339 e. The quantitative estimate of drug-likeness (QED) is 0.636. The molecule has 1 heterocycles. The van der Waals surface area contributed by atoms with E-state index in [1.807, 2.05) is 6.92 Å². The lowest BCUT2D eigenvalue weighted by atomic mass is 10.1. The first kappa shape index (κ1) is 17.4. The van der Waals surface area contributed by atoms with Crippen LogP contribution in [-0.2, 0) is 15.0 Å². The fourth-order valence-corrected chi connectivity index (χ4v) is 3.30. The van der Waals surface area contributed by atoms with Gasteiger partial charge < -0.3 is 9.80 Å². The van der Waals surface area contributed by atoms with E-state index in [4.69, 9.17) is 0 Å². The molecule has 0 aromatic heterocycles. The molecular formula is C13H25FN2O3S. The van der Waals surface area contributed by atoms with Crippen molar-refractivity contribution in [3.63, 3.8) is 0 Å². The van der Waals surface area contributed by atoms with Crippen LogP contribution in [0.4, 0.5) is 3.89 Å². The standard InChI is InChI=1S/C13H25FN2O3S/c1-4-15(5-2)8-6-7-11(3)16-10-12(9-13(16)17)20(14,18)19/h11-12H,4-10H2,1-3H3. The van der Waals surface area contributed by atoms with Crippen LogP contribution in [0.25, 0.3) is 0 Å². The summed E-state index contributed by atoms with van der Waals surface area (Å²) in [4.78, 5) is 15.6. The SMILES string of the molecule is CCN(CC)CCCC(C)N1CC(S(=O)(=O)F)CC1=O. The third kappa shape index (κ3) is 4.70. The van der Waals surface area contributed by atoms with Crippen LogP contribution in [0.3, 0.4) is 0 Å². The molecule has 1 fully saturated rings. The monoisotopic (exact) mass is 308 g/mol. The van der Waals surface area contributed by atoms with Crippen molar-refractivity contribution in [2.45, 2.75) is 51.3 Å². The van der Waals surface area contributed by atoms with Gasteiger partial charge in [-0.15, -0.1) is 3.89 Å². The van der Waals surface area contributed by atoms with Crippen molar-refractivity contribution in [3.8, 4) is 0 Å². The van der Waals surface area contributed by atoms with E-state index in [0.29, 0.717) is 0 Å². The van der Waals surface area contributed by atoms with Crippen LogP contribution in [0.15, 0.2) is 0 Å². The van der Waals surface area contributed by atoms with Gasteiger partial charge in [-0.1, -0.05) is 13.8 Å². The number of rotatable bonds is 8. The van der Waals surface area contributed by atoms with Crippen LogP contribution < -0.4 is 0 Å². The first-order valence-electron chi connectivity index (χ1n) is 7.24. The number of likely N-dealkylation sites (tertiary alicyclic amines) is 1. The number of halogens is 1. The zero-order chi connectivity index (χ0) is 15.3. The molecule has 0 aromatic rings. The lowest BCUT2D eigenvalue weighted by Gasteiger charge is -2.26. The summed E-state index contributed by atoms with van der Waals surface area (Å²) in [5.41, 5.74) is 0. The number of hydrogen-bond acceptors (Lipinski definition) is 4. The van der Waals surface area contributed by atoms with Gasteiger partial charge in [-0.2, -0.15) is 8.42 Å². The zero-order valence-corrected chi connectivity index (χ0v) is 13.3. The second kappa shape index (κ2) is 7.36. The van der Waals surface area contributed by atoms with Crippen LogP contribution in [0.2, 0.25) is 0 Å². The topological polar surface area (TPSA) is 57.7 Å². The number of carbonyl (C=O) groups is 1. The summed E-state index contributed by atoms with van der Waals surface area (Å²) in [6.45, 7) is 9.05. The zero-order valence-electron chi connectivity index (χ0n) is 12.5. The van der Waals surface area contributed by atoms with Gasteiger partial charge in [0.15, 0.2) is 0 Å². The van der Waals surface area contributed by atoms with Crippen molar-refractivity contribution in [3.05, 3.63) is 0 Å². The van der Waals surface area contributed by atoms with Crippen LogP contribution in [0, 0.1) is 0 Å². The summed E-state index contributed by atoms with van der Waals surface area (Å²) < 4.78 is 34.7. The van der Waals surface area contributed by atoms with E-state index in [0.717, 1.165) is 32.5 Å². The highest BCUT2D eigenvalue weighted by molar-refractivity contribution is 7.87. The average molecular weight is 308 g/mol. The Hall–Kier alpha value is -0.690. The van der Waals surface area contributed by atoms with Crippen LogP contribution >= 0.6 is 0 Å². The first-order chi connectivity index (χ1) is 9.29. The minimum absolute atomic E-state index is 0.00982. The number of carbonyl (C=O) groups excluding carboxylic acids is 1. The fourth-order valence-electron chi connectivity index (χ4n) is 2.62. The smallest absolute Gasteiger partial charge is 0.307 e. The van der Waals surface area contributed by atoms with E-state index in [2.05, 4.69) is 18.7 Å². The molecule has 0 bridgehead atoms. The number of nitrogens with zero attached hydrogens (tertiary/aromatic N) is 2. The maximum atomic E-state index is 12.9. The van der Waals surface area contributed by atoms with Crippen molar-refractivity contribution in [1.82, 2.24) is 9.80 Å². The minimum atomic E-state index is -4.61. The molecule has 20 heavy (non-hydrogen) atoms. The molecule has 1 amide bonds. The lowest BCUT2D eigenvalue weighted by molar-refractivity contribution is -0.129. The number of amides is 1. The molecule has 7 heteroatoms. The highest BCUT2D eigenvalue weighted by atomic mass is 32.3. The van der Waals surface area contributed by atoms with Crippen LogP contribution in [0.1, 0.15) is 40.0 Å². The van der Waals surface area contributed by atoms with Gasteiger partial charge >= 0.3 is 10.2 Å². The Kier molecular flexibility index (Phi) is 6.39. The van der Waals surface area contributed by atoms with E-state index >= 15 is 0 Å². The van der Waals surface area contributed by atoms with Gasteiger partial charge in [-0.3, -0.25) is 4.79 Å². The van der Waals surface area contributed by atoms with Crippen molar-refractivity contribution < 1.29 is 17.1 Å². The van der Waals surface area contributed by atoms with Crippen molar-refractivity contribution in [2.75, 3.05) is 26.2 Å². The van der Waals surface area contributed by atoms with E-state index in [1.165, 1.54) is 4.90 Å².